The molecule has 0 amide bonds. The summed E-state index contributed by atoms with van der Waals surface area (Å²) in [6.07, 6.45) is 0.919. The Balaban J connectivity index is 2.28. The van der Waals surface area contributed by atoms with Crippen molar-refractivity contribution in [2.45, 2.75) is 33.2 Å². The molecule has 1 atom stereocenters. The van der Waals surface area contributed by atoms with Gasteiger partial charge in [0.15, 0.2) is 0 Å². The van der Waals surface area contributed by atoms with Gasteiger partial charge in [-0.1, -0.05) is 0 Å². The van der Waals surface area contributed by atoms with Gasteiger partial charge in [0.1, 0.15) is 0 Å². The summed E-state index contributed by atoms with van der Waals surface area (Å²) >= 11 is 1.73. The van der Waals surface area contributed by atoms with Crippen molar-refractivity contribution in [3.63, 3.8) is 0 Å². The van der Waals surface area contributed by atoms with Crippen LogP contribution >= 0.6 is 11.3 Å². The summed E-state index contributed by atoms with van der Waals surface area (Å²) in [6, 6.07) is 0.282. The first-order chi connectivity index (χ1) is 8.52. The van der Waals surface area contributed by atoms with E-state index in [1.165, 1.54) is 16.3 Å². The van der Waals surface area contributed by atoms with Crippen molar-refractivity contribution in [1.82, 2.24) is 20.1 Å². The van der Waals surface area contributed by atoms with Crippen molar-refractivity contribution in [2.75, 3.05) is 7.05 Å². The minimum Gasteiger partial charge on any atom is -0.313 e. The summed E-state index contributed by atoms with van der Waals surface area (Å²) in [4.78, 5) is 4.54. The maximum Gasteiger partial charge on any atom is 0.0947 e. The Morgan fingerprint density at radius 2 is 2.11 bits per heavy atom. The molecule has 0 saturated heterocycles. The van der Waals surface area contributed by atoms with E-state index in [4.69, 9.17) is 0 Å². The van der Waals surface area contributed by atoms with Crippen LogP contribution in [0.2, 0.25) is 0 Å². The van der Waals surface area contributed by atoms with E-state index in [1.54, 1.807) is 11.3 Å². The van der Waals surface area contributed by atoms with E-state index in [1.807, 2.05) is 25.7 Å². The minimum atomic E-state index is 0.282. The van der Waals surface area contributed by atoms with Gasteiger partial charge in [-0.25, -0.2) is 4.98 Å². The molecule has 0 aliphatic carbocycles. The standard InChI is InChI=1S/C13H20N4S/c1-8-7-18-12(15-8)6-11(14-4)13-9(2)16-17(5)10(13)3/h7,11,14H,6H2,1-5H3. The summed E-state index contributed by atoms with van der Waals surface area (Å²) in [6.45, 7) is 6.22. The molecule has 1 N–H and O–H groups in total. The lowest BCUT2D eigenvalue weighted by Gasteiger charge is -2.15. The molecule has 0 aliphatic heterocycles. The molecule has 0 radical (unpaired) electrons. The minimum absolute atomic E-state index is 0.282. The molecule has 0 aliphatic rings. The highest BCUT2D eigenvalue weighted by molar-refractivity contribution is 7.09. The van der Waals surface area contributed by atoms with Crippen LogP contribution in [0.25, 0.3) is 0 Å². The number of aryl methyl sites for hydroxylation is 3. The Hall–Kier alpha value is -1.20. The molecule has 2 aromatic rings. The SMILES string of the molecule is CNC(Cc1nc(C)cs1)c1c(C)nn(C)c1C. The number of likely N-dealkylation sites (N-methyl/N-ethyl adjacent to an activating group) is 1. The number of thiazole rings is 1. The van der Waals surface area contributed by atoms with Crippen molar-refractivity contribution in [3.8, 4) is 0 Å². The lowest BCUT2D eigenvalue weighted by atomic mass is 10.0. The van der Waals surface area contributed by atoms with Gasteiger partial charge in [0, 0.05) is 41.8 Å². The highest BCUT2D eigenvalue weighted by atomic mass is 32.1. The third-order valence-corrected chi connectivity index (χ3v) is 4.30. The third kappa shape index (κ3) is 2.47. The first-order valence-corrected chi connectivity index (χ1v) is 6.99. The second-order valence-electron chi connectivity index (χ2n) is 4.64. The fourth-order valence-electron chi connectivity index (χ4n) is 2.31. The number of aromatic nitrogens is 3. The summed E-state index contributed by atoms with van der Waals surface area (Å²) in [7, 11) is 3.99. The molecule has 0 aromatic carbocycles. The maximum absolute atomic E-state index is 4.54. The van der Waals surface area contributed by atoms with E-state index < -0.39 is 0 Å². The van der Waals surface area contributed by atoms with Crippen LogP contribution in [0.5, 0.6) is 0 Å². The monoisotopic (exact) mass is 264 g/mol. The van der Waals surface area contributed by atoms with Crippen LogP contribution in [0.3, 0.4) is 0 Å². The summed E-state index contributed by atoms with van der Waals surface area (Å²) < 4.78 is 1.95. The zero-order valence-corrected chi connectivity index (χ0v) is 12.4. The molecule has 0 spiro atoms. The highest BCUT2D eigenvalue weighted by Crippen LogP contribution is 2.25. The molecule has 2 rings (SSSR count). The van der Waals surface area contributed by atoms with Crippen molar-refractivity contribution < 1.29 is 0 Å². The Morgan fingerprint density at radius 1 is 1.39 bits per heavy atom. The number of nitrogens with zero attached hydrogens (tertiary/aromatic N) is 3. The molecule has 18 heavy (non-hydrogen) atoms. The van der Waals surface area contributed by atoms with Gasteiger partial charge in [-0.15, -0.1) is 11.3 Å². The van der Waals surface area contributed by atoms with E-state index in [-0.39, 0.29) is 6.04 Å². The number of nitrogens with one attached hydrogen (secondary N) is 1. The van der Waals surface area contributed by atoms with E-state index in [0.717, 1.165) is 17.8 Å². The van der Waals surface area contributed by atoms with Gasteiger partial charge in [-0.05, 0) is 27.8 Å². The fourth-order valence-corrected chi connectivity index (χ4v) is 3.13. The van der Waals surface area contributed by atoms with Crippen LogP contribution in [-0.2, 0) is 13.5 Å². The molecular weight excluding hydrogens is 244 g/mol. The molecular formula is C13H20N4S. The second-order valence-corrected chi connectivity index (χ2v) is 5.58. The Kier molecular flexibility index (Phi) is 3.82. The number of hydrogen-bond acceptors (Lipinski definition) is 4. The third-order valence-electron chi connectivity index (χ3n) is 3.31. The molecule has 0 saturated carbocycles. The van der Waals surface area contributed by atoms with Crippen LogP contribution in [0.4, 0.5) is 0 Å². The van der Waals surface area contributed by atoms with Crippen LogP contribution in [0.1, 0.15) is 33.7 Å². The smallest absolute Gasteiger partial charge is 0.0947 e. The second kappa shape index (κ2) is 5.20. The molecule has 98 valence electrons. The van der Waals surface area contributed by atoms with Crippen molar-refractivity contribution >= 4 is 11.3 Å². The van der Waals surface area contributed by atoms with Gasteiger partial charge in [0.25, 0.3) is 0 Å². The molecule has 2 heterocycles. The molecule has 0 bridgehead atoms. The predicted molar refractivity (Wildman–Crippen MR) is 75.0 cm³/mol. The van der Waals surface area contributed by atoms with Gasteiger partial charge < -0.3 is 5.32 Å². The van der Waals surface area contributed by atoms with Crippen molar-refractivity contribution in [2.24, 2.45) is 7.05 Å². The van der Waals surface area contributed by atoms with Crippen LogP contribution in [-0.4, -0.2) is 21.8 Å². The average molecular weight is 264 g/mol. The summed E-state index contributed by atoms with van der Waals surface area (Å²) in [5, 5.41) is 11.1. The Morgan fingerprint density at radius 3 is 2.56 bits per heavy atom. The van der Waals surface area contributed by atoms with E-state index >= 15 is 0 Å². The van der Waals surface area contributed by atoms with Crippen LogP contribution in [0, 0.1) is 20.8 Å². The van der Waals surface area contributed by atoms with Gasteiger partial charge in [-0.3, -0.25) is 4.68 Å². The topological polar surface area (TPSA) is 42.7 Å². The first kappa shape index (κ1) is 13.2. The quantitative estimate of drug-likeness (QED) is 0.921. The zero-order valence-electron chi connectivity index (χ0n) is 11.6. The summed E-state index contributed by atoms with van der Waals surface area (Å²) in [5.74, 6) is 0. The first-order valence-electron chi connectivity index (χ1n) is 6.11. The lowest BCUT2D eigenvalue weighted by Crippen LogP contribution is -2.20. The normalized spacial score (nSPS) is 12.9. The highest BCUT2D eigenvalue weighted by Gasteiger charge is 2.20. The molecule has 1 unspecified atom stereocenters. The van der Waals surface area contributed by atoms with E-state index in [0.29, 0.717) is 0 Å². The van der Waals surface area contributed by atoms with Gasteiger partial charge in [-0.2, -0.15) is 5.10 Å². The predicted octanol–water partition coefficient (Wildman–Crippen LogP) is 2.31. The van der Waals surface area contributed by atoms with Crippen molar-refractivity contribution in [1.29, 1.82) is 0 Å². The Bertz CT molecular complexity index is 541. The Labute approximate surface area is 112 Å². The molecule has 4 nitrogen and oxygen atoms in total. The van der Waals surface area contributed by atoms with Gasteiger partial charge in [0.2, 0.25) is 0 Å². The van der Waals surface area contributed by atoms with Crippen LogP contribution < -0.4 is 5.32 Å². The summed E-state index contributed by atoms with van der Waals surface area (Å²) in [5.41, 5.74) is 4.72. The van der Waals surface area contributed by atoms with Crippen molar-refractivity contribution in [3.05, 3.63) is 33.0 Å². The fraction of sp³-hybridized carbons (Fsp3) is 0.538. The zero-order chi connectivity index (χ0) is 13.3. The maximum atomic E-state index is 4.54. The molecule has 2 aromatic heterocycles. The lowest BCUT2D eigenvalue weighted by molar-refractivity contribution is 0.582. The van der Waals surface area contributed by atoms with Gasteiger partial charge in [0.05, 0.1) is 10.7 Å². The van der Waals surface area contributed by atoms with E-state index in [2.05, 4.69) is 34.6 Å². The number of rotatable bonds is 4. The molecule has 0 fully saturated rings. The molecule has 5 heteroatoms. The van der Waals surface area contributed by atoms with E-state index in [9.17, 15) is 0 Å². The van der Waals surface area contributed by atoms with Gasteiger partial charge >= 0.3 is 0 Å². The van der Waals surface area contributed by atoms with Crippen LogP contribution in [0.15, 0.2) is 5.38 Å². The average Bonchev–Trinajstić information content (AvgIpc) is 2.82. The largest absolute Gasteiger partial charge is 0.313 e. The number of hydrogen-bond donors (Lipinski definition) is 1.